The number of hydrogen-bond acceptors (Lipinski definition) is 6. The largest absolute Gasteiger partial charge is 0.435 e. The fraction of sp³-hybridized carbons (Fsp3) is 0.105. The summed E-state index contributed by atoms with van der Waals surface area (Å²) in [6.45, 7) is 1.71. The number of hydrogen-bond donors (Lipinski definition) is 2. The van der Waals surface area contributed by atoms with Crippen LogP contribution in [0, 0.1) is 18.6 Å². The standard InChI is InChI=1S/C19H15F2N5O4S/c1-10-5-15(26-9-23-24-18(27)17(10)26)13-7-12(25-31(2,28)29)8-22-19(13)30-16-4-3-11(20)6-14(16)21/h3-9,25H,1-2H3,(H,24,27). The lowest BCUT2D eigenvalue weighted by atomic mass is 10.1. The number of rotatable bonds is 5. The summed E-state index contributed by atoms with van der Waals surface area (Å²) in [5.41, 5.74) is 1.25. The van der Waals surface area contributed by atoms with Crippen LogP contribution >= 0.6 is 0 Å². The fourth-order valence-electron chi connectivity index (χ4n) is 3.12. The van der Waals surface area contributed by atoms with Crippen LogP contribution in [-0.4, -0.2) is 34.3 Å². The first-order chi connectivity index (χ1) is 14.6. The molecule has 0 fully saturated rings. The smallest absolute Gasteiger partial charge is 0.288 e. The molecule has 12 heteroatoms. The van der Waals surface area contributed by atoms with E-state index in [1.807, 2.05) is 0 Å². The van der Waals surface area contributed by atoms with Crippen molar-refractivity contribution in [1.82, 2.24) is 19.6 Å². The van der Waals surface area contributed by atoms with Gasteiger partial charge < -0.3 is 4.74 Å². The molecule has 4 aromatic rings. The van der Waals surface area contributed by atoms with Crippen molar-refractivity contribution in [3.63, 3.8) is 0 Å². The normalized spacial score (nSPS) is 11.6. The minimum Gasteiger partial charge on any atom is -0.435 e. The number of halogens is 2. The number of ether oxygens (including phenoxy) is 1. The highest BCUT2D eigenvalue weighted by molar-refractivity contribution is 7.92. The second-order valence-electron chi connectivity index (χ2n) is 6.74. The average molecular weight is 447 g/mol. The number of aryl methyl sites for hydroxylation is 1. The van der Waals surface area contributed by atoms with E-state index in [4.69, 9.17) is 4.74 Å². The second kappa shape index (κ2) is 7.47. The Morgan fingerprint density at radius 3 is 2.68 bits per heavy atom. The number of nitrogens with one attached hydrogen (secondary N) is 2. The van der Waals surface area contributed by atoms with Gasteiger partial charge >= 0.3 is 0 Å². The number of aromatic amines is 1. The van der Waals surface area contributed by atoms with Crippen molar-refractivity contribution < 1.29 is 21.9 Å². The van der Waals surface area contributed by atoms with E-state index in [1.165, 1.54) is 23.0 Å². The van der Waals surface area contributed by atoms with Crippen molar-refractivity contribution in [3.05, 3.63) is 70.4 Å². The molecule has 0 spiro atoms. The molecule has 1 aromatic carbocycles. The Kier molecular flexibility index (Phi) is 4.93. The van der Waals surface area contributed by atoms with Gasteiger partial charge in [-0.05, 0) is 36.8 Å². The maximum atomic E-state index is 14.1. The molecule has 4 rings (SSSR count). The van der Waals surface area contributed by atoms with Crippen molar-refractivity contribution >= 4 is 21.2 Å². The molecule has 31 heavy (non-hydrogen) atoms. The van der Waals surface area contributed by atoms with Crippen LogP contribution in [0.15, 0.2) is 47.7 Å². The molecule has 3 heterocycles. The van der Waals surface area contributed by atoms with E-state index in [2.05, 4.69) is 19.9 Å². The minimum atomic E-state index is -3.61. The lowest BCUT2D eigenvalue weighted by molar-refractivity contribution is 0.425. The maximum absolute atomic E-state index is 14.1. The topological polar surface area (TPSA) is 118 Å². The first-order valence-corrected chi connectivity index (χ1v) is 10.7. The highest BCUT2D eigenvalue weighted by Gasteiger charge is 2.19. The molecule has 0 saturated carbocycles. The Morgan fingerprint density at radius 2 is 1.97 bits per heavy atom. The number of pyridine rings is 1. The van der Waals surface area contributed by atoms with Crippen LogP contribution in [-0.2, 0) is 10.0 Å². The molecule has 0 aliphatic heterocycles. The first-order valence-electron chi connectivity index (χ1n) is 8.79. The third kappa shape index (κ3) is 4.10. The van der Waals surface area contributed by atoms with Crippen molar-refractivity contribution in [3.8, 4) is 22.9 Å². The Balaban J connectivity index is 1.93. The maximum Gasteiger partial charge on any atom is 0.288 e. The van der Waals surface area contributed by atoms with Gasteiger partial charge in [-0.3, -0.25) is 13.9 Å². The lowest BCUT2D eigenvalue weighted by Crippen LogP contribution is -2.12. The van der Waals surface area contributed by atoms with Crippen molar-refractivity contribution in [2.45, 2.75) is 6.92 Å². The van der Waals surface area contributed by atoms with Gasteiger partial charge in [-0.1, -0.05) is 0 Å². The van der Waals surface area contributed by atoms with Gasteiger partial charge in [-0.15, -0.1) is 0 Å². The summed E-state index contributed by atoms with van der Waals surface area (Å²) in [5.74, 6) is -2.10. The highest BCUT2D eigenvalue weighted by atomic mass is 32.2. The van der Waals surface area contributed by atoms with E-state index in [9.17, 15) is 22.0 Å². The van der Waals surface area contributed by atoms with Gasteiger partial charge in [0.05, 0.1) is 29.4 Å². The summed E-state index contributed by atoms with van der Waals surface area (Å²) in [6, 6.07) is 5.87. The molecule has 0 bridgehead atoms. The van der Waals surface area contributed by atoms with Gasteiger partial charge in [0.25, 0.3) is 5.56 Å². The Hall–Kier alpha value is -3.80. The molecule has 0 amide bonds. The van der Waals surface area contributed by atoms with Gasteiger partial charge in [0, 0.05) is 6.07 Å². The van der Waals surface area contributed by atoms with Crippen LogP contribution in [0.4, 0.5) is 14.5 Å². The Bertz CT molecular complexity index is 1480. The molecule has 160 valence electrons. The van der Waals surface area contributed by atoms with Gasteiger partial charge in [0.1, 0.15) is 17.7 Å². The summed E-state index contributed by atoms with van der Waals surface area (Å²) in [7, 11) is -3.61. The van der Waals surface area contributed by atoms with Crippen molar-refractivity contribution in [2.24, 2.45) is 0 Å². The van der Waals surface area contributed by atoms with Crippen LogP contribution in [0.3, 0.4) is 0 Å². The monoisotopic (exact) mass is 447 g/mol. The fourth-order valence-corrected chi connectivity index (χ4v) is 3.66. The molecule has 3 aromatic heterocycles. The quantitative estimate of drug-likeness (QED) is 0.486. The van der Waals surface area contributed by atoms with E-state index in [1.54, 1.807) is 13.0 Å². The summed E-state index contributed by atoms with van der Waals surface area (Å²) >= 11 is 0. The van der Waals surface area contributed by atoms with Crippen LogP contribution in [0.1, 0.15) is 5.56 Å². The zero-order valence-corrected chi connectivity index (χ0v) is 17.0. The molecule has 0 aliphatic rings. The Morgan fingerprint density at radius 1 is 1.19 bits per heavy atom. The summed E-state index contributed by atoms with van der Waals surface area (Å²) < 4.78 is 60.0. The number of sulfonamides is 1. The molecule has 0 atom stereocenters. The van der Waals surface area contributed by atoms with Gasteiger partial charge in [0.15, 0.2) is 11.6 Å². The highest BCUT2D eigenvalue weighted by Crippen LogP contribution is 2.36. The molecule has 0 aliphatic carbocycles. The zero-order chi connectivity index (χ0) is 22.3. The number of aromatic nitrogens is 4. The molecular formula is C19H15F2N5O4S. The number of benzene rings is 1. The third-order valence-electron chi connectivity index (χ3n) is 4.31. The van der Waals surface area contributed by atoms with E-state index in [0.717, 1.165) is 18.4 Å². The van der Waals surface area contributed by atoms with Gasteiger partial charge in [-0.25, -0.2) is 27.3 Å². The summed E-state index contributed by atoms with van der Waals surface area (Å²) in [4.78, 5) is 16.3. The summed E-state index contributed by atoms with van der Waals surface area (Å²) in [5, 5.41) is 6.12. The number of anilines is 1. The predicted octanol–water partition coefficient (Wildman–Crippen LogP) is 2.84. The van der Waals surface area contributed by atoms with E-state index >= 15 is 0 Å². The van der Waals surface area contributed by atoms with Crippen molar-refractivity contribution in [1.29, 1.82) is 0 Å². The van der Waals surface area contributed by atoms with Gasteiger partial charge in [-0.2, -0.15) is 5.10 Å². The minimum absolute atomic E-state index is 0.0933. The number of fused-ring (bicyclic) bond motifs is 1. The van der Waals surface area contributed by atoms with Gasteiger partial charge in [0.2, 0.25) is 15.9 Å². The lowest BCUT2D eigenvalue weighted by Gasteiger charge is -2.13. The van der Waals surface area contributed by atoms with E-state index < -0.39 is 27.2 Å². The molecule has 0 radical (unpaired) electrons. The van der Waals surface area contributed by atoms with Crippen LogP contribution in [0.25, 0.3) is 16.8 Å². The second-order valence-corrected chi connectivity index (χ2v) is 8.49. The molecule has 9 nitrogen and oxygen atoms in total. The average Bonchev–Trinajstić information content (AvgIpc) is 3.01. The number of H-pyrrole nitrogens is 1. The van der Waals surface area contributed by atoms with E-state index in [0.29, 0.717) is 22.8 Å². The van der Waals surface area contributed by atoms with Crippen molar-refractivity contribution in [2.75, 3.05) is 11.0 Å². The zero-order valence-electron chi connectivity index (χ0n) is 16.2. The van der Waals surface area contributed by atoms with Crippen LogP contribution < -0.4 is 15.0 Å². The SMILES string of the molecule is Cc1cc(-c2cc(NS(C)(=O)=O)cnc2Oc2ccc(F)cc2F)n2cn[nH]c(=O)c12. The third-order valence-corrected chi connectivity index (χ3v) is 4.92. The molecular weight excluding hydrogens is 432 g/mol. The number of nitrogens with zero attached hydrogens (tertiary/aromatic N) is 3. The van der Waals surface area contributed by atoms with Crippen LogP contribution in [0.5, 0.6) is 11.6 Å². The first kappa shape index (κ1) is 20.5. The molecule has 0 saturated heterocycles. The molecule has 2 N–H and O–H groups in total. The van der Waals surface area contributed by atoms with Crippen LogP contribution in [0.2, 0.25) is 0 Å². The summed E-state index contributed by atoms with van der Waals surface area (Å²) in [6.07, 6.45) is 3.53. The molecule has 0 unspecified atom stereocenters. The Labute approximate surface area is 174 Å². The van der Waals surface area contributed by atoms with E-state index in [-0.39, 0.29) is 22.9 Å². The predicted molar refractivity (Wildman–Crippen MR) is 109 cm³/mol.